The SMILES string of the molecule is CC1CC=CC2=C1c1ccccc1C21c2ccccc2-c2c(C\C=C/C(=C\C=C\Nc3ccc(-c4cccc5c4c4ccccc4n5-c4ccccc4)cc3)c3cccc4c3c3ccccc3n4-c3ccccc3)cccc21. The number of para-hydroxylation sites is 4. The fourth-order valence-corrected chi connectivity index (χ4v) is 13.8. The first-order valence-electron chi connectivity index (χ1n) is 27.5. The first-order chi connectivity index (χ1) is 38.7. The van der Waals surface area contributed by atoms with Gasteiger partial charge in [-0.25, -0.2) is 0 Å². The minimum absolute atomic E-state index is 0.340. The summed E-state index contributed by atoms with van der Waals surface area (Å²) in [6, 6.07) is 86.8. The van der Waals surface area contributed by atoms with E-state index in [-0.39, 0.29) is 5.41 Å². The lowest BCUT2D eigenvalue weighted by Crippen LogP contribution is -2.27. The Balaban J connectivity index is 0.805. The zero-order valence-corrected chi connectivity index (χ0v) is 43.4. The van der Waals surface area contributed by atoms with Crippen molar-refractivity contribution in [1.29, 1.82) is 0 Å². The Bertz CT molecular complexity index is 4520. The van der Waals surface area contributed by atoms with Crippen molar-refractivity contribution in [2.24, 2.45) is 5.92 Å². The summed E-state index contributed by atoms with van der Waals surface area (Å²) in [7, 11) is 0. The van der Waals surface area contributed by atoms with Crippen LogP contribution in [0.15, 0.2) is 285 Å². The van der Waals surface area contributed by atoms with Crippen LogP contribution < -0.4 is 5.32 Å². The molecule has 3 aliphatic rings. The van der Waals surface area contributed by atoms with Crippen molar-refractivity contribution < 1.29 is 0 Å². The standard InChI is InChI=1S/C75H55N3/c1-50-22-16-39-65-71(50)59-31-8-12-37-63(59)75(65)64-38-13-9-32-60(64)72-53(25-18-40-66(72)75)24-17-23-51(57-35-19-43-69-73(57)61-33-10-14-41-67(61)77(69)55-27-4-2-5-28-55)26-21-49-76-54-47-45-52(46-48-54)58-36-20-44-70-74(58)62-34-11-15-42-68(62)78(70)56-29-6-3-7-30-56/h2-21,23,25-50,76H,22,24H2,1H3/b23-17-,49-21+,51-26+. The van der Waals surface area contributed by atoms with Gasteiger partial charge < -0.3 is 14.5 Å². The molecule has 1 spiro atoms. The molecule has 2 aromatic heterocycles. The number of benzene rings is 10. The molecule has 12 aromatic rings. The van der Waals surface area contributed by atoms with Crippen LogP contribution in [-0.2, 0) is 11.8 Å². The zero-order chi connectivity index (χ0) is 51.7. The molecular formula is C75H55N3. The number of anilines is 1. The molecule has 0 radical (unpaired) electrons. The van der Waals surface area contributed by atoms with Crippen molar-refractivity contribution in [2.75, 3.05) is 5.32 Å². The average Bonchev–Trinajstić information content (AvgIpc) is 4.08. The van der Waals surface area contributed by atoms with Crippen molar-refractivity contribution in [3.05, 3.63) is 318 Å². The van der Waals surface area contributed by atoms with Crippen molar-refractivity contribution in [3.63, 3.8) is 0 Å². The van der Waals surface area contributed by atoms with Gasteiger partial charge in [0.25, 0.3) is 0 Å². The van der Waals surface area contributed by atoms with E-state index in [1.807, 2.05) is 0 Å². The lowest BCUT2D eigenvalue weighted by molar-refractivity contribution is 0.731. The maximum Gasteiger partial charge on any atom is 0.0722 e. The van der Waals surface area contributed by atoms with Gasteiger partial charge in [-0.3, -0.25) is 0 Å². The molecule has 0 bridgehead atoms. The number of rotatable bonds is 10. The topological polar surface area (TPSA) is 21.9 Å². The normalized spacial score (nSPS) is 16.6. The zero-order valence-electron chi connectivity index (χ0n) is 43.4. The van der Waals surface area contributed by atoms with Crippen LogP contribution in [0.5, 0.6) is 0 Å². The van der Waals surface area contributed by atoms with E-state index < -0.39 is 0 Å². The van der Waals surface area contributed by atoms with E-state index in [0.717, 1.165) is 35.5 Å². The van der Waals surface area contributed by atoms with E-state index in [1.165, 1.54) is 110 Å². The van der Waals surface area contributed by atoms with Gasteiger partial charge in [-0.05, 0) is 158 Å². The second-order valence-electron chi connectivity index (χ2n) is 21.1. The summed E-state index contributed by atoms with van der Waals surface area (Å²) in [5.41, 5.74) is 25.1. The number of hydrogen-bond donors (Lipinski definition) is 1. The third-order valence-corrected chi connectivity index (χ3v) is 16.9. The van der Waals surface area contributed by atoms with Gasteiger partial charge in [0.1, 0.15) is 0 Å². The summed E-state index contributed by atoms with van der Waals surface area (Å²) in [6.45, 7) is 2.40. The molecule has 78 heavy (non-hydrogen) atoms. The van der Waals surface area contributed by atoms with Crippen LogP contribution in [0, 0.1) is 5.92 Å². The lowest BCUT2D eigenvalue weighted by Gasteiger charge is -2.32. The van der Waals surface area contributed by atoms with Crippen molar-refractivity contribution in [2.45, 2.75) is 25.2 Å². The van der Waals surface area contributed by atoms with Gasteiger partial charge in [0.05, 0.1) is 27.5 Å². The van der Waals surface area contributed by atoms with Crippen LogP contribution in [0.1, 0.15) is 46.7 Å². The maximum absolute atomic E-state index is 3.62. The van der Waals surface area contributed by atoms with Gasteiger partial charge in [-0.1, -0.05) is 213 Å². The van der Waals surface area contributed by atoms with E-state index in [4.69, 9.17) is 0 Å². The van der Waals surface area contributed by atoms with Gasteiger partial charge in [0.2, 0.25) is 0 Å². The Hall–Kier alpha value is -9.70. The Kier molecular flexibility index (Phi) is 10.9. The van der Waals surface area contributed by atoms with Gasteiger partial charge in [0, 0.05) is 44.8 Å². The largest absolute Gasteiger partial charge is 0.362 e. The number of hydrogen-bond acceptors (Lipinski definition) is 1. The molecule has 0 saturated carbocycles. The number of allylic oxidation sites excluding steroid dienone is 9. The van der Waals surface area contributed by atoms with Crippen LogP contribution in [0.3, 0.4) is 0 Å². The van der Waals surface area contributed by atoms with Crippen molar-refractivity contribution in [3.8, 4) is 33.6 Å². The molecule has 10 aromatic carbocycles. The highest BCUT2D eigenvalue weighted by atomic mass is 15.0. The molecule has 3 heteroatoms. The molecule has 2 atom stereocenters. The highest BCUT2D eigenvalue weighted by molar-refractivity contribution is 6.16. The Morgan fingerprint density at radius 3 is 1.82 bits per heavy atom. The lowest BCUT2D eigenvalue weighted by atomic mass is 9.68. The number of nitrogens with zero attached hydrogens (tertiary/aromatic N) is 2. The highest BCUT2D eigenvalue weighted by Gasteiger charge is 2.53. The molecule has 0 aliphatic heterocycles. The van der Waals surface area contributed by atoms with Crippen molar-refractivity contribution in [1.82, 2.24) is 9.13 Å². The minimum atomic E-state index is -0.340. The third kappa shape index (κ3) is 6.98. The molecule has 3 aliphatic carbocycles. The summed E-state index contributed by atoms with van der Waals surface area (Å²) in [5, 5.41) is 8.60. The fourth-order valence-electron chi connectivity index (χ4n) is 13.8. The van der Waals surface area contributed by atoms with Gasteiger partial charge in [-0.2, -0.15) is 0 Å². The molecule has 370 valence electrons. The summed E-state index contributed by atoms with van der Waals surface area (Å²) in [4.78, 5) is 0. The van der Waals surface area contributed by atoms with Gasteiger partial charge in [-0.15, -0.1) is 0 Å². The van der Waals surface area contributed by atoms with E-state index in [0.29, 0.717) is 5.92 Å². The van der Waals surface area contributed by atoms with Crippen LogP contribution in [0.4, 0.5) is 5.69 Å². The number of aromatic nitrogens is 2. The number of nitrogens with one attached hydrogen (secondary N) is 1. The predicted octanol–water partition coefficient (Wildman–Crippen LogP) is 19.0. The molecule has 2 unspecified atom stereocenters. The number of fused-ring (bicyclic) bond motifs is 15. The van der Waals surface area contributed by atoms with Gasteiger partial charge in [0.15, 0.2) is 0 Å². The Morgan fingerprint density at radius 2 is 1.09 bits per heavy atom. The smallest absolute Gasteiger partial charge is 0.0722 e. The van der Waals surface area contributed by atoms with Gasteiger partial charge >= 0.3 is 0 Å². The van der Waals surface area contributed by atoms with Crippen LogP contribution in [0.2, 0.25) is 0 Å². The van der Waals surface area contributed by atoms with E-state index in [9.17, 15) is 0 Å². The highest BCUT2D eigenvalue weighted by Crippen LogP contribution is 2.64. The first-order valence-corrected chi connectivity index (χ1v) is 27.5. The molecule has 15 rings (SSSR count). The third-order valence-electron chi connectivity index (χ3n) is 16.9. The second kappa shape index (κ2) is 18.5. The Labute approximate surface area is 455 Å². The summed E-state index contributed by atoms with van der Waals surface area (Å²) in [6.07, 6.45) is 17.9. The molecule has 1 N–H and O–H groups in total. The van der Waals surface area contributed by atoms with E-state index in [2.05, 4.69) is 301 Å². The fraction of sp³-hybridized carbons (Fsp3) is 0.0667. The maximum atomic E-state index is 3.62. The molecule has 2 heterocycles. The summed E-state index contributed by atoms with van der Waals surface area (Å²) in [5.74, 6) is 0.460. The second-order valence-corrected chi connectivity index (χ2v) is 21.1. The Morgan fingerprint density at radius 1 is 0.526 bits per heavy atom. The molecule has 0 saturated heterocycles. The first kappa shape index (κ1) is 45.7. The monoisotopic (exact) mass is 997 g/mol. The van der Waals surface area contributed by atoms with Crippen LogP contribution >= 0.6 is 0 Å². The summed E-state index contributed by atoms with van der Waals surface area (Å²) < 4.78 is 4.79. The predicted molar refractivity (Wildman–Crippen MR) is 329 cm³/mol. The molecule has 0 amide bonds. The van der Waals surface area contributed by atoms with Crippen molar-refractivity contribution >= 4 is 60.4 Å². The van der Waals surface area contributed by atoms with Crippen LogP contribution in [0.25, 0.3) is 88.4 Å². The quantitative estimate of drug-likeness (QED) is 0.136. The minimum Gasteiger partial charge on any atom is -0.362 e. The molecular weight excluding hydrogens is 943 g/mol. The van der Waals surface area contributed by atoms with E-state index >= 15 is 0 Å². The molecule has 3 nitrogen and oxygen atoms in total. The van der Waals surface area contributed by atoms with Crippen LogP contribution in [-0.4, -0.2) is 9.13 Å². The average molecular weight is 998 g/mol. The summed E-state index contributed by atoms with van der Waals surface area (Å²) >= 11 is 0. The van der Waals surface area contributed by atoms with E-state index in [1.54, 1.807) is 0 Å². The molecule has 0 fully saturated rings.